The Hall–Kier alpha value is -2.40. The molecule has 0 radical (unpaired) electrons. The van der Waals surface area contributed by atoms with Gasteiger partial charge in [0.2, 0.25) is 11.8 Å². The fourth-order valence-corrected chi connectivity index (χ4v) is 3.76. The van der Waals surface area contributed by atoms with Crippen LogP contribution in [0.5, 0.6) is 0 Å². The highest BCUT2D eigenvalue weighted by Gasteiger charge is 2.26. The van der Waals surface area contributed by atoms with Gasteiger partial charge in [0, 0.05) is 24.9 Å². The summed E-state index contributed by atoms with van der Waals surface area (Å²) in [5, 5.41) is 4.97. The highest BCUT2D eigenvalue weighted by Crippen LogP contribution is 2.27. The number of rotatable bonds is 5. The molecule has 3 rings (SSSR count). The number of likely N-dealkylation sites (tertiary alicyclic amines) is 1. The second-order valence-corrected chi connectivity index (χ2v) is 6.80. The number of hydrogen-bond donors (Lipinski definition) is 1. The molecule has 0 aliphatic carbocycles. The van der Waals surface area contributed by atoms with Gasteiger partial charge in [-0.15, -0.1) is 0 Å². The molecule has 1 fully saturated rings. The number of anilines is 1. The summed E-state index contributed by atoms with van der Waals surface area (Å²) < 4.78 is 0. The third-order valence-electron chi connectivity index (χ3n) is 5.24. The summed E-state index contributed by atoms with van der Waals surface area (Å²) in [5.41, 5.74) is 0.968. The van der Waals surface area contributed by atoms with Crippen molar-refractivity contribution in [2.45, 2.75) is 19.8 Å². The Balaban J connectivity index is 1.69. The smallest absolute Gasteiger partial charge is 0.241 e. The van der Waals surface area contributed by atoms with Crippen LogP contribution in [0.25, 0.3) is 10.8 Å². The second kappa shape index (κ2) is 8.32. The normalized spacial score (nSPS) is 15.8. The standard InChI is InChI=1S/C21H27N3O2/c1-3-24(19-10-6-8-16-7-4-5-9-18(16)19)20(25)15-23-13-11-17(12-14-23)21(26)22-2/h4-10,17H,3,11-15H2,1-2H3,(H,22,26). The van der Waals surface area contributed by atoms with Crippen molar-refractivity contribution in [1.29, 1.82) is 0 Å². The Morgan fingerprint density at radius 1 is 1.12 bits per heavy atom. The van der Waals surface area contributed by atoms with E-state index >= 15 is 0 Å². The zero-order valence-corrected chi connectivity index (χ0v) is 15.6. The highest BCUT2D eigenvalue weighted by atomic mass is 16.2. The number of fused-ring (bicyclic) bond motifs is 1. The lowest BCUT2D eigenvalue weighted by atomic mass is 9.96. The van der Waals surface area contributed by atoms with Crippen molar-refractivity contribution in [3.05, 3.63) is 42.5 Å². The van der Waals surface area contributed by atoms with E-state index in [4.69, 9.17) is 0 Å². The minimum absolute atomic E-state index is 0.0756. The first-order valence-corrected chi connectivity index (χ1v) is 9.36. The second-order valence-electron chi connectivity index (χ2n) is 6.80. The number of benzene rings is 2. The third-order valence-corrected chi connectivity index (χ3v) is 5.24. The molecule has 1 heterocycles. The van der Waals surface area contributed by atoms with Crippen LogP contribution in [0.15, 0.2) is 42.5 Å². The van der Waals surface area contributed by atoms with Gasteiger partial charge in [-0.1, -0.05) is 36.4 Å². The van der Waals surface area contributed by atoms with Crippen LogP contribution in [-0.4, -0.2) is 49.9 Å². The van der Waals surface area contributed by atoms with Gasteiger partial charge in [-0.05, 0) is 44.3 Å². The Morgan fingerprint density at radius 3 is 2.50 bits per heavy atom. The molecule has 0 saturated carbocycles. The molecule has 1 saturated heterocycles. The highest BCUT2D eigenvalue weighted by molar-refractivity contribution is 6.04. The van der Waals surface area contributed by atoms with Crippen molar-refractivity contribution >= 4 is 28.3 Å². The molecule has 1 aliphatic rings. The summed E-state index contributed by atoms with van der Waals surface area (Å²) in [6, 6.07) is 14.2. The van der Waals surface area contributed by atoms with Crippen molar-refractivity contribution in [1.82, 2.24) is 10.2 Å². The van der Waals surface area contributed by atoms with Crippen LogP contribution in [-0.2, 0) is 9.59 Å². The van der Waals surface area contributed by atoms with Crippen LogP contribution in [0.4, 0.5) is 5.69 Å². The van der Waals surface area contributed by atoms with Gasteiger partial charge in [-0.3, -0.25) is 14.5 Å². The van der Waals surface area contributed by atoms with E-state index in [9.17, 15) is 9.59 Å². The zero-order chi connectivity index (χ0) is 18.5. The number of carbonyl (C=O) groups excluding carboxylic acids is 2. The number of nitrogens with zero attached hydrogens (tertiary/aromatic N) is 2. The van der Waals surface area contributed by atoms with E-state index in [1.807, 2.05) is 36.1 Å². The molecule has 0 unspecified atom stereocenters. The molecule has 1 aliphatic heterocycles. The van der Waals surface area contributed by atoms with Crippen LogP contribution in [0.2, 0.25) is 0 Å². The molecule has 5 heteroatoms. The molecule has 2 amide bonds. The molecular weight excluding hydrogens is 326 g/mol. The van der Waals surface area contributed by atoms with E-state index in [0.29, 0.717) is 13.1 Å². The lowest BCUT2D eigenvalue weighted by Crippen LogP contribution is -2.45. The van der Waals surface area contributed by atoms with Crippen molar-refractivity contribution < 1.29 is 9.59 Å². The van der Waals surface area contributed by atoms with Gasteiger partial charge in [0.15, 0.2) is 0 Å². The van der Waals surface area contributed by atoms with Crippen LogP contribution in [0.1, 0.15) is 19.8 Å². The Bertz CT molecular complexity index is 776. The van der Waals surface area contributed by atoms with Gasteiger partial charge >= 0.3 is 0 Å². The quantitative estimate of drug-likeness (QED) is 0.899. The summed E-state index contributed by atoms with van der Waals surface area (Å²) >= 11 is 0. The molecule has 138 valence electrons. The van der Waals surface area contributed by atoms with Crippen molar-refractivity contribution in [3.63, 3.8) is 0 Å². The molecule has 0 bridgehead atoms. The largest absolute Gasteiger partial charge is 0.359 e. The topological polar surface area (TPSA) is 52.7 Å². The summed E-state index contributed by atoms with van der Waals surface area (Å²) in [4.78, 5) is 28.7. The van der Waals surface area contributed by atoms with Crippen molar-refractivity contribution in [2.75, 3.05) is 38.1 Å². The molecule has 2 aromatic rings. The number of amides is 2. The zero-order valence-electron chi connectivity index (χ0n) is 15.6. The number of hydrogen-bond acceptors (Lipinski definition) is 3. The minimum atomic E-state index is 0.0756. The number of carbonyl (C=O) groups is 2. The molecule has 2 aromatic carbocycles. The molecule has 0 atom stereocenters. The van der Waals surface area contributed by atoms with E-state index < -0.39 is 0 Å². The van der Waals surface area contributed by atoms with E-state index in [0.717, 1.165) is 42.4 Å². The fraction of sp³-hybridized carbons (Fsp3) is 0.429. The summed E-state index contributed by atoms with van der Waals surface area (Å²) in [6.07, 6.45) is 1.63. The molecule has 0 aromatic heterocycles. The first kappa shape index (κ1) is 18.4. The minimum Gasteiger partial charge on any atom is -0.359 e. The average molecular weight is 353 g/mol. The van der Waals surface area contributed by atoms with E-state index in [-0.39, 0.29) is 17.7 Å². The van der Waals surface area contributed by atoms with E-state index in [2.05, 4.69) is 28.4 Å². The lowest BCUT2D eigenvalue weighted by molar-refractivity contribution is -0.126. The first-order chi connectivity index (χ1) is 12.6. The average Bonchev–Trinajstić information content (AvgIpc) is 2.68. The maximum Gasteiger partial charge on any atom is 0.241 e. The molecule has 1 N–H and O–H groups in total. The van der Waals surface area contributed by atoms with Crippen molar-refractivity contribution in [2.24, 2.45) is 5.92 Å². The van der Waals surface area contributed by atoms with Gasteiger partial charge in [0.25, 0.3) is 0 Å². The van der Waals surface area contributed by atoms with Crippen molar-refractivity contribution in [3.8, 4) is 0 Å². The van der Waals surface area contributed by atoms with Gasteiger partial charge in [0.05, 0.1) is 12.2 Å². The van der Waals surface area contributed by atoms with Crippen LogP contribution in [0, 0.1) is 5.92 Å². The Kier molecular flexibility index (Phi) is 5.89. The number of nitrogens with one attached hydrogen (secondary N) is 1. The molecular formula is C21H27N3O2. The maximum absolute atomic E-state index is 13.0. The van der Waals surface area contributed by atoms with Gasteiger partial charge < -0.3 is 10.2 Å². The Morgan fingerprint density at radius 2 is 1.81 bits per heavy atom. The monoisotopic (exact) mass is 353 g/mol. The van der Waals surface area contributed by atoms with Gasteiger partial charge in [-0.25, -0.2) is 0 Å². The predicted molar refractivity (Wildman–Crippen MR) is 105 cm³/mol. The lowest BCUT2D eigenvalue weighted by Gasteiger charge is -2.32. The molecule has 5 nitrogen and oxygen atoms in total. The third kappa shape index (κ3) is 3.88. The van der Waals surface area contributed by atoms with Gasteiger partial charge in [-0.2, -0.15) is 0 Å². The first-order valence-electron chi connectivity index (χ1n) is 9.36. The molecule has 0 spiro atoms. The van der Waals surface area contributed by atoms with Crippen LogP contribution < -0.4 is 10.2 Å². The van der Waals surface area contributed by atoms with Crippen LogP contribution >= 0.6 is 0 Å². The maximum atomic E-state index is 13.0. The van der Waals surface area contributed by atoms with Gasteiger partial charge in [0.1, 0.15) is 0 Å². The van der Waals surface area contributed by atoms with E-state index in [1.54, 1.807) is 7.05 Å². The van der Waals surface area contributed by atoms with Crippen LogP contribution in [0.3, 0.4) is 0 Å². The number of likely N-dealkylation sites (N-methyl/N-ethyl adjacent to an activating group) is 1. The van der Waals surface area contributed by atoms with E-state index in [1.165, 1.54) is 0 Å². The molecule has 26 heavy (non-hydrogen) atoms. The summed E-state index contributed by atoms with van der Waals surface area (Å²) in [6.45, 7) is 4.63. The summed E-state index contributed by atoms with van der Waals surface area (Å²) in [7, 11) is 1.68. The fourth-order valence-electron chi connectivity index (χ4n) is 3.76. The number of piperidine rings is 1. The Labute approximate surface area is 155 Å². The SMILES string of the molecule is CCN(C(=O)CN1CCC(C(=O)NC)CC1)c1cccc2ccccc12. The summed E-state index contributed by atoms with van der Waals surface area (Å²) in [5.74, 6) is 0.302. The predicted octanol–water partition coefficient (Wildman–Crippen LogP) is 2.65.